The lowest BCUT2D eigenvalue weighted by Crippen LogP contribution is -2.40. The largest absolute Gasteiger partial charge is 0.506 e. The standard InChI is InChI=1S/C28H19FI2N2O4S/c1-2-37-27(36)22-23(15-6-4-3-5-7-15)32-28-33(24(22)16-8-10-18(29)11-9-16)26(35)21(38-28)13-17-12-19(30)14-20(31)25(17)34/h3-14,24,34H,2H2,1H3/b21-13-/t24-/m0/s1. The van der Waals surface area contributed by atoms with Gasteiger partial charge in [-0.1, -0.05) is 53.8 Å². The van der Waals surface area contributed by atoms with E-state index >= 15 is 0 Å². The fourth-order valence-electron chi connectivity index (χ4n) is 4.24. The molecule has 0 fully saturated rings. The molecule has 0 saturated heterocycles. The van der Waals surface area contributed by atoms with Gasteiger partial charge in [0.25, 0.3) is 5.56 Å². The molecule has 3 aromatic carbocycles. The van der Waals surface area contributed by atoms with Crippen molar-refractivity contribution in [2.45, 2.75) is 13.0 Å². The van der Waals surface area contributed by atoms with E-state index in [1.807, 2.05) is 59.0 Å². The first-order valence-corrected chi connectivity index (χ1v) is 14.5. The van der Waals surface area contributed by atoms with Gasteiger partial charge in [-0.2, -0.15) is 0 Å². The van der Waals surface area contributed by atoms with Crippen molar-refractivity contribution in [1.82, 2.24) is 4.57 Å². The molecule has 1 atom stereocenters. The minimum Gasteiger partial charge on any atom is -0.506 e. The molecule has 1 aromatic heterocycles. The number of hydrogen-bond donors (Lipinski definition) is 1. The third kappa shape index (κ3) is 5.08. The number of thiazole rings is 1. The van der Waals surface area contributed by atoms with Crippen molar-refractivity contribution in [2.24, 2.45) is 4.99 Å². The van der Waals surface area contributed by atoms with Gasteiger partial charge in [0.2, 0.25) is 0 Å². The van der Waals surface area contributed by atoms with Crippen LogP contribution in [0.2, 0.25) is 0 Å². The van der Waals surface area contributed by atoms with Crippen LogP contribution in [-0.4, -0.2) is 22.2 Å². The SMILES string of the molecule is CCOC(=O)C1=C(c2ccccc2)N=c2s/c(=C\c3cc(I)cc(I)c3O)c(=O)n2[C@H]1c1ccc(F)cc1. The molecule has 192 valence electrons. The molecule has 1 N–H and O–H groups in total. The molecule has 1 aliphatic heterocycles. The average Bonchev–Trinajstić information content (AvgIpc) is 3.21. The zero-order valence-corrected chi connectivity index (χ0v) is 25.0. The number of nitrogens with zero attached hydrogens (tertiary/aromatic N) is 2. The van der Waals surface area contributed by atoms with E-state index in [2.05, 4.69) is 22.6 Å². The Kier molecular flexibility index (Phi) is 7.82. The minimum absolute atomic E-state index is 0.0733. The van der Waals surface area contributed by atoms with Gasteiger partial charge in [0.1, 0.15) is 11.6 Å². The second-order valence-electron chi connectivity index (χ2n) is 8.31. The summed E-state index contributed by atoms with van der Waals surface area (Å²) >= 11 is 5.35. The molecule has 0 spiro atoms. The van der Waals surface area contributed by atoms with Crippen molar-refractivity contribution in [3.63, 3.8) is 0 Å². The molecule has 1 aliphatic rings. The molecule has 0 radical (unpaired) electrons. The van der Waals surface area contributed by atoms with Crippen molar-refractivity contribution in [2.75, 3.05) is 6.61 Å². The molecule has 38 heavy (non-hydrogen) atoms. The van der Waals surface area contributed by atoms with Crippen molar-refractivity contribution in [3.8, 4) is 5.75 Å². The number of carbonyl (C=O) groups excluding carboxylic acids is 1. The molecular formula is C28H19FI2N2O4S. The summed E-state index contributed by atoms with van der Waals surface area (Å²) in [5.41, 5.74) is 1.92. The van der Waals surface area contributed by atoms with Gasteiger partial charge >= 0.3 is 5.97 Å². The quantitative estimate of drug-likeness (QED) is 0.231. The highest BCUT2D eigenvalue weighted by Gasteiger charge is 2.35. The van der Waals surface area contributed by atoms with E-state index in [9.17, 15) is 19.1 Å². The highest BCUT2D eigenvalue weighted by Crippen LogP contribution is 2.35. The Morgan fingerprint density at radius 3 is 2.55 bits per heavy atom. The van der Waals surface area contributed by atoms with E-state index in [-0.39, 0.29) is 23.5 Å². The predicted molar refractivity (Wildman–Crippen MR) is 161 cm³/mol. The summed E-state index contributed by atoms with van der Waals surface area (Å²) in [5, 5.41) is 10.6. The molecular weight excluding hydrogens is 733 g/mol. The molecule has 6 nitrogen and oxygen atoms in total. The van der Waals surface area contributed by atoms with E-state index < -0.39 is 17.8 Å². The maximum atomic E-state index is 13.9. The molecule has 0 bridgehead atoms. The maximum absolute atomic E-state index is 13.9. The van der Waals surface area contributed by atoms with Crippen molar-refractivity contribution >= 4 is 74.3 Å². The van der Waals surface area contributed by atoms with Crippen LogP contribution in [0, 0.1) is 13.0 Å². The van der Waals surface area contributed by atoms with E-state index in [0.29, 0.717) is 35.3 Å². The van der Waals surface area contributed by atoms with Gasteiger partial charge < -0.3 is 9.84 Å². The number of benzene rings is 3. The van der Waals surface area contributed by atoms with E-state index in [0.717, 1.165) is 14.9 Å². The lowest BCUT2D eigenvalue weighted by molar-refractivity contribution is -0.138. The van der Waals surface area contributed by atoms with Gasteiger partial charge in [-0.15, -0.1) is 0 Å². The monoisotopic (exact) mass is 752 g/mol. The Morgan fingerprint density at radius 2 is 1.87 bits per heavy atom. The van der Waals surface area contributed by atoms with Crippen LogP contribution in [0.1, 0.15) is 29.7 Å². The van der Waals surface area contributed by atoms with Crippen molar-refractivity contribution in [3.05, 3.63) is 122 Å². The van der Waals surface area contributed by atoms with Crippen LogP contribution in [0.4, 0.5) is 4.39 Å². The molecule has 0 aliphatic carbocycles. The predicted octanol–water partition coefficient (Wildman–Crippen LogP) is 4.99. The Morgan fingerprint density at radius 1 is 1.16 bits per heavy atom. The van der Waals surface area contributed by atoms with Crippen LogP contribution in [0.15, 0.2) is 82.1 Å². The van der Waals surface area contributed by atoms with Gasteiger partial charge in [-0.3, -0.25) is 9.36 Å². The Bertz CT molecular complexity index is 1760. The lowest BCUT2D eigenvalue weighted by atomic mass is 9.93. The second kappa shape index (κ2) is 11.1. The summed E-state index contributed by atoms with van der Waals surface area (Å²) in [6.45, 7) is 1.84. The van der Waals surface area contributed by atoms with Crippen LogP contribution in [0.5, 0.6) is 5.75 Å². The number of halogens is 3. The number of phenolic OH excluding ortho intramolecular Hbond substituents is 1. The normalized spacial score (nSPS) is 15.3. The Balaban J connectivity index is 1.84. The fraction of sp³-hybridized carbons (Fsp3) is 0.107. The topological polar surface area (TPSA) is 80.9 Å². The molecule has 5 rings (SSSR count). The Hall–Kier alpha value is -2.84. The highest BCUT2D eigenvalue weighted by molar-refractivity contribution is 14.1. The summed E-state index contributed by atoms with van der Waals surface area (Å²) in [4.78, 5) is 32.4. The fourth-order valence-corrected chi connectivity index (χ4v) is 7.12. The van der Waals surface area contributed by atoms with Crippen LogP contribution in [-0.2, 0) is 9.53 Å². The highest BCUT2D eigenvalue weighted by atomic mass is 127. The van der Waals surface area contributed by atoms with Crippen LogP contribution >= 0.6 is 56.5 Å². The average molecular weight is 752 g/mol. The van der Waals surface area contributed by atoms with Crippen LogP contribution < -0.4 is 14.9 Å². The maximum Gasteiger partial charge on any atom is 0.338 e. The summed E-state index contributed by atoms with van der Waals surface area (Å²) in [5.74, 6) is -0.970. The first kappa shape index (κ1) is 26.8. The number of ether oxygens (including phenoxy) is 1. The third-order valence-corrected chi connectivity index (χ3v) is 8.33. The van der Waals surface area contributed by atoms with Gasteiger partial charge in [-0.25, -0.2) is 14.2 Å². The number of carbonyl (C=O) groups is 1. The number of hydrogen-bond acceptors (Lipinski definition) is 6. The summed E-state index contributed by atoms with van der Waals surface area (Å²) in [7, 11) is 0. The number of phenols is 1. The number of rotatable bonds is 5. The van der Waals surface area contributed by atoms with E-state index in [1.54, 1.807) is 31.2 Å². The van der Waals surface area contributed by atoms with Crippen LogP contribution in [0.3, 0.4) is 0 Å². The summed E-state index contributed by atoms with van der Waals surface area (Å²) in [6.07, 6.45) is 1.63. The number of esters is 1. The van der Waals surface area contributed by atoms with Gasteiger partial charge in [0, 0.05) is 14.7 Å². The minimum atomic E-state index is -0.895. The smallest absolute Gasteiger partial charge is 0.338 e. The molecule has 0 saturated carbocycles. The van der Waals surface area contributed by atoms with E-state index in [1.165, 1.54) is 16.7 Å². The summed E-state index contributed by atoms with van der Waals surface area (Å²) < 4.78 is 22.6. The van der Waals surface area contributed by atoms with Gasteiger partial charge in [0.15, 0.2) is 4.80 Å². The molecule has 10 heteroatoms. The number of fused-ring (bicyclic) bond motifs is 1. The van der Waals surface area contributed by atoms with Gasteiger partial charge in [0.05, 0.1) is 32.0 Å². The van der Waals surface area contributed by atoms with E-state index in [4.69, 9.17) is 9.73 Å². The molecule has 0 unspecified atom stereocenters. The second-order valence-corrected chi connectivity index (χ2v) is 11.7. The lowest BCUT2D eigenvalue weighted by Gasteiger charge is -2.25. The summed E-state index contributed by atoms with van der Waals surface area (Å²) in [6, 6.07) is 17.6. The third-order valence-electron chi connectivity index (χ3n) is 5.90. The first-order valence-electron chi connectivity index (χ1n) is 11.5. The number of aromatic nitrogens is 1. The molecule has 4 aromatic rings. The first-order chi connectivity index (χ1) is 18.3. The molecule has 0 amide bonds. The van der Waals surface area contributed by atoms with Crippen LogP contribution in [0.25, 0.3) is 11.8 Å². The Labute approximate surface area is 248 Å². The van der Waals surface area contributed by atoms with Crippen molar-refractivity contribution in [1.29, 1.82) is 0 Å². The van der Waals surface area contributed by atoms with Gasteiger partial charge in [-0.05, 0) is 88.0 Å². The molecule has 2 heterocycles. The zero-order valence-electron chi connectivity index (χ0n) is 19.8. The number of aromatic hydroxyl groups is 1. The zero-order chi connectivity index (χ0) is 27.0. The van der Waals surface area contributed by atoms with Crippen molar-refractivity contribution < 1.29 is 19.0 Å².